The Labute approximate surface area is 141 Å². The first-order chi connectivity index (χ1) is 12.0. The maximum absolute atomic E-state index is 12.2. The number of nitrogens with zero attached hydrogens (tertiary/aromatic N) is 2. The topological polar surface area (TPSA) is 120 Å². The second-order valence-corrected chi connectivity index (χ2v) is 5.02. The van der Waals surface area contributed by atoms with Crippen LogP contribution in [0.25, 0.3) is 11.0 Å². The minimum atomic E-state index is -0.666. The SMILES string of the molecule is COc1cccc2oc(C(=O)N/N=C/c3ccc([N+](=O)[O-])o3)c(C)c12. The van der Waals surface area contributed by atoms with Gasteiger partial charge in [-0.25, -0.2) is 5.43 Å². The molecule has 3 rings (SSSR count). The van der Waals surface area contributed by atoms with E-state index in [2.05, 4.69) is 10.5 Å². The molecule has 1 amide bonds. The maximum atomic E-state index is 12.2. The van der Waals surface area contributed by atoms with Gasteiger partial charge in [-0.15, -0.1) is 0 Å². The van der Waals surface area contributed by atoms with Crippen LogP contribution in [0.3, 0.4) is 0 Å². The van der Waals surface area contributed by atoms with Crippen LogP contribution >= 0.6 is 0 Å². The van der Waals surface area contributed by atoms with Gasteiger partial charge >= 0.3 is 11.8 Å². The van der Waals surface area contributed by atoms with Gasteiger partial charge < -0.3 is 13.6 Å². The normalized spacial score (nSPS) is 11.1. The van der Waals surface area contributed by atoms with Crippen LogP contribution in [0.1, 0.15) is 21.9 Å². The Balaban J connectivity index is 1.79. The molecule has 0 unspecified atom stereocenters. The van der Waals surface area contributed by atoms with Crippen molar-refractivity contribution in [3.63, 3.8) is 0 Å². The zero-order valence-corrected chi connectivity index (χ0v) is 13.3. The summed E-state index contributed by atoms with van der Waals surface area (Å²) in [5, 5.41) is 15.0. The summed E-state index contributed by atoms with van der Waals surface area (Å²) < 4.78 is 15.7. The first-order valence-electron chi connectivity index (χ1n) is 7.15. The molecule has 1 aromatic carbocycles. The van der Waals surface area contributed by atoms with E-state index < -0.39 is 16.7 Å². The van der Waals surface area contributed by atoms with E-state index >= 15 is 0 Å². The molecular weight excluding hydrogens is 330 g/mol. The minimum Gasteiger partial charge on any atom is -0.496 e. The minimum absolute atomic E-state index is 0.0991. The molecule has 128 valence electrons. The number of fused-ring (bicyclic) bond motifs is 1. The number of benzene rings is 1. The second-order valence-electron chi connectivity index (χ2n) is 5.02. The van der Waals surface area contributed by atoms with Gasteiger partial charge in [0.15, 0.2) is 11.5 Å². The van der Waals surface area contributed by atoms with E-state index in [9.17, 15) is 14.9 Å². The van der Waals surface area contributed by atoms with E-state index in [0.717, 1.165) is 6.21 Å². The Bertz CT molecular complexity index is 985. The number of nitro groups is 1. The van der Waals surface area contributed by atoms with Crippen LogP contribution in [-0.2, 0) is 0 Å². The van der Waals surface area contributed by atoms with Gasteiger partial charge in [-0.2, -0.15) is 5.10 Å². The third kappa shape index (κ3) is 3.07. The van der Waals surface area contributed by atoms with Gasteiger partial charge in [0, 0.05) is 5.56 Å². The summed E-state index contributed by atoms with van der Waals surface area (Å²) in [7, 11) is 1.54. The number of carbonyl (C=O) groups is 1. The number of hydrogen-bond acceptors (Lipinski definition) is 7. The first-order valence-corrected chi connectivity index (χ1v) is 7.15. The molecule has 2 aromatic heterocycles. The monoisotopic (exact) mass is 343 g/mol. The number of rotatable bonds is 5. The molecule has 2 heterocycles. The molecule has 0 aliphatic carbocycles. The summed E-state index contributed by atoms with van der Waals surface area (Å²) in [6, 6.07) is 7.82. The van der Waals surface area contributed by atoms with Crippen LogP contribution in [0, 0.1) is 17.0 Å². The van der Waals surface area contributed by atoms with Gasteiger partial charge in [0.25, 0.3) is 0 Å². The maximum Gasteiger partial charge on any atom is 0.433 e. The lowest BCUT2D eigenvalue weighted by Gasteiger charge is -2.00. The molecule has 9 nitrogen and oxygen atoms in total. The summed E-state index contributed by atoms with van der Waals surface area (Å²) in [5.41, 5.74) is 3.43. The highest BCUT2D eigenvalue weighted by molar-refractivity contribution is 6.01. The van der Waals surface area contributed by atoms with Crippen LogP contribution in [-0.4, -0.2) is 24.2 Å². The highest BCUT2D eigenvalue weighted by Gasteiger charge is 2.19. The van der Waals surface area contributed by atoms with Crippen molar-refractivity contribution in [2.45, 2.75) is 6.92 Å². The van der Waals surface area contributed by atoms with Gasteiger partial charge in [-0.3, -0.25) is 14.9 Å². The van der Waals surface area contributed by atoms with Crippen molar-refractivity contribution in [3.05, 3.63) is 57.5 Å². The average Bonchev–Trinajstić information content (AvgIpc) is 3.20. The molecule has 0 saturated heterocycles. The lowest BCUT2D eigenvalue weighted by atomic mass is 10.1. The van der Waals surface area contributed by atoms with Crippen LogP contribution in [0.15, 0.2) is 44.3 Å². The average molecular weight is 343 g/mol. The number of amides is 1. The van der Waals surface area contributed by atoms with Crippen molar-refractivity contribution in [2.24, 2.45) is 5.10 Å². The molecule has 0 radical (unpaired) electrons. The predicted octanol–water partition coefficient (Wildman–Crippen LogP) is 3.01. The van der Waals surface area contributed by atoms with Crippen molar-refractivity contribution in [2.75, 3.05) is 7.11 Å². The summed E-state index contributed by atoms with van der Waals surface area (Å²) in [4.78, 5) is 22.1. The Hall–Kier alpha value is -3.62. The summed E-state index contributed by atoms with van der Waals surface area (Å²) in [5.74, 6) is -0.137. The fourth-order valence-corrected chi connectivity index (χ4v) is 2.37. The lowest BCUT2D eigenvalue weighted by molar-refractivity contribution is -0.402. The number of nitrogens with one attached hydrogen (secondary N) is 1. The Morgan fingerprint density at radius 2 is 2.12 bits per heavy atom. The molecule has 0 aliphatic rings. The highest BCUT2D eigenvalue weighted by atomic mass is 16.6. The third-order valence-electron chi connectivity index (χ3n) is 3.49. The standard InChI is InChI=1S/C16H13N3O6/c1-9-14-11(23-2)4-3-5-12(14)25-15(9)16(20)18-17-8-10-6-7-13(24-10)19(21)22/h3-8H,1-2H3,(H,18,20)/b17-8+. The molecule has 9 heteroatoms. The largest absolute Gasteiger partial charge is 0.496 e. The Morgan fingerprint density at radius 3 is 2.80 bits per heavy atom. The predicted molar refractivity (Wildman–Crippen MR) is 87.9 cm³/mol. The van der Waals surface area contributed by atoms with Crippen LogP contribution in [0.2, 0.25) is 0 Å². The number of hydrogen-bond donors (Lipinski definition) is 1. The number of furan rings is 2. The summed E-state index contributed by atoms with van der Waals surface area (Å²) >= 11 is 0. The molecule has 0 bridgehead atoms. The van der Waals surface area contributed by atoms with Gasteiger partial charge in [0.2, 0.25) is 0 Å². The molecule has 1 N–H and O–H groups in total. The van der Waals surface area contributed by atoms with Crippen molar-refractivity contribution in [1.82, 2.24) is 5.43 Å². The van der Waals surface area contributed by atoms with E-state index in [1.807, 2.05) is 0 Å². The molecular formula is C16H13N3O6. The fourth-order valence-electron chi connectivity index (χ4n) is 2.37. The molecule has 25 heavy (non-hydrogen) atoms. The van der Waals surface area contributed by atoms with Crippen molar-refractivity contribution < 1.29 is 23.3 Å². The van der Waals surface area contributed by atoms with Crippen LogP contribution < -0.4 is 10.2 Å². The number of aryl methyl sites for hydroxylation is 1. The van der Waals surface area contributed by atoms with Crippen LogP contribution in [0.5, 0.6) is 5.75 Å². The zero-order valence-electron chi connectivity index (χ0n) is 13.3. The van der Waals surface area contributed by atoms with E-state index in [1.165, 1.54) is 19.2 Å². The van der Waals surface area contributed by atoms with Crippen molar-refractivity contribution in [1.29, 1.82) is 0 Å². The van der Waals surface area contributed by atoms with E-state index in [4.69, 9.17) is 13.6 Å². The van der Waals surface area contributed by atoms with E-state index in [-0.39, 0.29) is 11.5 Å². The number of carbonyl (C=O) groups excluding carboxylic acids is 1. The lowest BCUT2D eigenvalue weighted by Crippen LogP contribution is -2.17. The molecule has 0 atom stereocenters. The molecule has 0 spiro atoms. The summed E-state index contributed by atoms with van der Waals surface area (Å²) in [6.07, 6.45) is 1.16. The molecule has 0 aliphatic heterocycles. The smallest absolute Gasteiger partial charge is 0.433 e. The Kier molecular flexibility index (Phi) is 4.21. The van der Waals surface area contributed by atoms with Crippen LogP contribution in [0.4, 0.5) is 5.88 Å². The van der Waals surface area contributed by atoms with Crippen molar-refractivity contribution >= 4 is 29.0 Å². The molecule has 0 fully saturated rings. The zero-order chi connectivity index (χ0) is 18.0. The number of ether oxygens (including phenoxy) is 1. The number of hydrazone groups is 1. The molecule has 0 saturated carbocycles. The quantitative estimate of drug-likeness (QED) is 0.432. The fraction of sp³-hybridized carbons (Fsp3) is 0.125. The third-order valence-corrected chi connectivity index (χ3v) is 3.49. The van der Waals surface area contributed by atoms with E-state index in [1.54, 1.807) is 25.1 Å². The number of methoxy groups -OCH3 is 1. The van der Waals surface area contributed by atoms with Gasteiger partial charge in [0.1, 0.15) is 16.3 Å². The van der Waals surface area contributed by atoms with Crippen molar-refractivity contribution in [3.8, 4) is 5.75 Å². The second kappa shape index (κ2) is 6.48. The van der Waals surface area contributed by atoms with Gasteiger partial charge in [0.05, 0.1) is 24.8 Å². The van der Waals surface area contributed by atoms with Gasteiger partial charge in [-0.1, -0.05) is 6.07 Å². The highest BCUT2D eigenvalue weighted by Crippen LogP contribution is 2.32. The van der Waals surface area contributed by atoms with E-state index in [0.29, 0.717) is 22.3 Å². The van der Waals surface area contributed by atoms with Gasteiger partial charge in [-0.05, 0) is 25.1 Å². The summed E-state index contributed by atoms with van der Waals surface area (Å²) in [6.45, 7) is 1.74. The molecule has 3 aromatic rings. The Morgan fingerprint density at radius 1 is 1.32 bits per heavy atom. The first kappa shape index (κ1) is 16.2.